The average Bonchev–Trinajstić information content (AvgIpc) is 3.75. The van der Waals surface area contributed by atoms with Crippen LogP contribution in [-0.2, 0) is 43.6 Å². The third-order valence-corrected chi connectivity index (χ3v) is 8.63. The van der Waals surface area contributed by atoms with Crippen molar-refractivity contribution >= 4 is 68.6 Å². The van der Waals surface area contributed by atoms with Crippen LogP contribution in [-0.4, -0.2) is 52.9 Å². The second-order valence-corrected chi connectivity index (χ2v) is 12.1. The molecule has 0 aliphatic rings. The van der Waals surface area contributed by atoms with Crippen LogP contribution in [0.25, 0.3) is 50.9 Å². The first kappa shape index (κ1) is 37.6. The van der Waals surface area contributed by atoms with Gasteiger partial charge in [-0.1, -0.05) is 50.1 Å². The topological polar surface area (TPSA) is 185 Å². The van der Waals surface area contributed by atoms with Crippen molar-refractivity contribution in [2.45, 2.75) is 24.9 Å². The molecule has 0 bridgehead atoms. The number of carboxylic acid groups (broad SMARTS) is 2. The van der Waals surface area contributed by atoms with Gasteiger partial charge in [-0.25, -0.2) is 0 Å². The Kier molecular flexibility index (Phi) is 11.8. The van der Waals surface area contributed by atoms with Crippen LogP contribution in [0.2, 0.25) is 0 Å². The van der Waals surface area contributed by atoms with E-state index in [4.69, 9.17) is 21.7 Å². The molecule has 51 heavy (non-hydrogen) atoms. The van der Waals surface area contributed by atoms with E-state index in [1.807, 2.05) is 42.1 Å². The molecule has 264 valence electrons. The molecule has 2 atom stereocenters. The molecule has 6 aromatic rings. The summed E-state index contributed by atoms with van der Waals surface area (Å²) in [6.07, 6.45) is 11.1. The highest BCUT2D eigenvalue weighted by Gasteiger charge is 2.24. The average molecular weight is 691 g/mol. The van der Waals surface area contributed by atoms with Crippen LogP contribution < -0.4 is 11.5 Å². The largest absolute Gasteiger partial charge is 0.480 e. The monoisotopic (exact) mass is 690 g/mol. The fourth-order valence-corrected chi connectivity index (χ4v) is 5.95. The maximum absolute atomic E-state index is 11.4. The lowest BCUT2D eigenvalue weighted by Gasteiger charge is -2.06. The Morgan fingerprint density at radius 3 is 1.86 bits per heavy atom. The second-order valence-electron chi connectivity index (χ2n) is 12.1. The first-order valence-corrected chi connectivity index (χ1v) is 15.9. The fraction of sp³-hybridized carbons (Fsp3) is 0.179. The number of carbonyl (C=O) groups is 2. The minimum atomic E-state index is -1.14. The minimum Gasteiger partial charge on any atom is -0.480 e. The first-order chi connectivity index (χ1) is 24.2. The number of nitro groups is 1. The van der Waals surface area contributed by atoms with Gasteiger partial charge in [-0.05, 0) is 64.7 Å². The highest BCUT2D eigenvalue weighted by atomic mass is 16.6. The Labute approximate surface area is 295 Å². The number of aromatic nitrogens is 3. The van der Waals surface area contributed by atoms with E-state index in [0.717, 1.165) is 22.0 Å². The van der Waals surface area contributed by atoms with Crippen LogP contribution in [0.15, 0.2) is 92.9 Å². The molecule has 12 nitrogen and oxygen atoms in total. The molecule has 0 spiro atoms. The highest BCUT2D eigenvalue weighted by molar-refractivity contribution is 5.96. The molecule has 0 radical (unpaired) electrons. The van der Waals surface area contributed by atoms with Crippen LogP contribution in [0.4, 0.5) is 5.69 Å². The molecule has 3 heterocycles. The number of benzene rings is 3. The van der Waals surface area contributed by atoms with Gasteiger partial charge < -0.3 is 35.4 Å². The zero-order chi connectivity index (χ0) is 37.6. The molecule has 3 aromatic heterocycles. The second kappa shape index (κ2) is 16.0. The molecule has 3 aromatic carbocycles. The van der Waals surface area contributed by atoms with Crippen LogP contribution in [0.1, 0.15) is 27.8 Å². The van der Waals surface area contributed by atoms with Crippen molar-refractivity contribution in [3.63, 3.8) is 0 Å². The number of aryl methyl sites for hydroxylation is 3. The summed E-state index contributed by atoms with van der Waals surface area (Å²) in [7, 11) is 5.73. The Morgan fingerprint density at radius 1 is 0.765 bits per heavy atom. The quantitative estimate of drug-likeness (QED) is 0.0956. The van der Waals surface area contributed by atoms with Crippen LogP contribution in [0.3, 0.4) is 0 Å². The van der Waals surface area contributed by atoms with E-state index in [9.17, 15) is 19.7 Å². The molecule has 0 fully saturated rings. The maximum Gasteiger partial charge on any atom is 0.320 e. The summed E-state index contributed by atoms with van der Waals surface area (Å²) in [5.74, 6) is -2.12. The van der Waals surface area contributed by atoms with Crippen molar-refractivity contribution in [1.82, 2.24) is 13.7 Å². The molecule has 0 saturated heterocycles. The van der Waals surface area contributed by atoms with Crippen molar-refractivity contribution in [2.24, 2.45) is 32.6 Å². The van der Waals surface area contributed by atoms with Crippen molar-refractivity contribution in [1.29, 1.82) is 0 Å². The summed E-state index contributed by atoms with van der Waals surface area (Å²) in [5, 5.41) is 31.9. The van der Waals surface area contributed by atoms with Gasteiger partial charge >= 0.3 is 11.9 Å². The van der Waals surface area contributed by atoms with Gasteiger partial charge in [0.1, 0.15) is 12.1 Å². The summed E-state index contributed by atoms with van der Waals surface area (Å²) in [4.78, 5) is 32.6. The van der Waals surface area contributed by atoms with Gasteiger partial charge in [-0.2, -0.15) is 0 Å². The predicted molar refractivity (Wildman–Crippen MR) is 204 cm³/mol. The first-order valence-electron chi connectivity index (χ1n) is 15.9. The van der Waals surface area contributed by atoms with Gasteiger partial charge in [-0.3, -0.25) is 19.7 Å². The van der Waals surface area contributed by atoms with Gasteiger partial charge in [-0.15, -0.1) is 0 Å². The number of nitro benzene ring substituents is 1. The maximum atomic E-state index is 11.4. The third-order valence-electron chi connectivity index (χ3n) is 8.63. The Bertz CT molecular complexity index is 2290. The molecule has 0 amide bonds. The fourth-order valence-electron chi connectivity index (χ4n) is 5.95. The SMILES string of the molecule is C=Cc1ccc2c(c(CC(N)C(=O)O)cn2C)c1[N+](=O)[O-].C=Cc1ccc2c(c1)c(CC(N)C(=O)O)cn2C.C=Cc1ccc2c(ccn2C)c1. The Balaban J connectivity index is 0.000000177. The lowest BCUT2D eigenvalue weighted by atomic mass is 10.0. The lowest BCUT2D eigenvalue weighted by molar-refractivity contribution is -0.383. The smallest absolute Gasteiger partial charge is 0.320 e. The van der Waals surface area contributed by atoms with E-state index in [0.29, 0.717) is 28.5 Å². The van der Waals surface area contributed by atoms with E-state index < -0.39 is 28.9 Å². The number of nitrogens with zero attached hydrogens (tertiary/aromatic N) is 4. The number of rotatable bonds is 10. The molecule has 0 aliphatic carbocycles. The molecular weight excluding hydrogens is 648 g/mol. The molecule has 12 heteroatoms. The summed E-state index contributed by atoms with van der Waals surface area (Å²) >= 11 is 0. The lowest BCUT2D eigenvalue weighted by Crippen LogP contribution is -2.32. The Hall–Kier alpha value is -6.24. The van der Waals surface area contributed by atoms with Gasteiger partial charge in [0.2, 0.25) is 0 Å². The normalized spacial score (nSPS) is 11.9. The van der Waals surface area contributed by atoms with Crippen molar-refractivity contribution < 1.29 is 24.7 Å². The van der Waals surface area contributed by atoms with E-state index in [2.05, 4.69) is 61.8 Å². The molecule has 6 rings (SSSR count). The van der Waals surface area contributed by atoms with Gasteiger partial charge in [0.25, 0.3) is 5.69 Å². The summed E-state index contributed by atoms with van der Waals surface area (Å²) in [6.45, 7) is 11.1. The number of carboxylic acids is 2. The summed E-state index contributed by atoms with van der Waals surface area (Å²) in [5.41, 5.74) is 18.1. The van der Waals surface area contributed by atoms with E-state index in [1.165, 1.54) is 22.5 Å². The third kappa shape index (κ3) is 8.32. The van der Waals surface area contributed by atoms with E-state index in [-0.39, 0.29) is 12.1 Å². The van der Waals surface area contributed by atoms with E-state index in [1.54, 1.807) is 36.0 Å². The summed E-state index contributed by atoms with van der Waals surface area (Å²) in [6, 6.07) is 15.8. The van der Waals surface area contributed by atoms with Gasteiger partial charge in [0.15, 0.2) is 0 Å². The number of aliphatic carboxylic acids is 2. The van der Waals surface area contributed by atoms with Crippen molar-refractivity contribution in [3.05, 3.63) is 131 Å². The Morgan fingerprint density at radius 2 is 1.29 bits per heavy atom. The van der Waals surface area contributed by atoms with Crippen molar-refractivity contribution in [3.8, 4) is 0 Å². The molecule has 0 saturated carbocycles. The van der Waals surface area contributed by atoms with Gasteiger partial charge in [0, 0.05) is 74.4 Å². The molecule has 0 aliphatic heterocycles. The summed E-state index contributed by atoms with van der Waals surface area (Å²) < 4.78 is 5.81. The number of hydrogen-bond acceptors (Lipinski definition) is 6. The molecule has 2 unspecified atom stereocenters. The van der Waals surface area contributed by atoms with Crippen LogP contribution >= 0.6 is 0 Å². The van der Waals surface area contributed by atoms with Crippen molar-refractivity contribution in [2.75, 3.05) is 0 Å². The molecule has 6 N–H and O–H groups in total. The zero-order valence-corrected chi connectivity index (χ0v) is 28.8. The number of hydrogen-bond donors (Lipinski definition) is 4. The molecular formula is C39H42N6O6. The predicted octanol–water partition coefficient (Wildman–Crippen LogP) is 6.28. The number of nitrogens with two attached hydrogens (primary N) is 2. The zero-order valence-electron chi connectivity index (χ0n) is 28.8. The van der Waals surface area contributed by atoms with Gasteiger partial charge in [0.05, 0.1) is 21.4 Å². The minimum absolute atomic E-state index is 0.0219. The van der Waals surface area contributed by atoms with Crippen LogP contribution in [0.5, 0.6) is 0 Å². The standard InChI is InChI=1S/C14H15N3O4.C14H16N2O2.C11H11N/c1-3-8-4-5-11-12(13(8)17(20)21)9(7-16(11)2)6-10(15)14(18)19;1-3-9-4-5-13-11(6-9)10(8-16(13)2)7-12(15)14(17)18;1-3-9-4-5-11-10(8-9)6-7-12(11)2/h3-5,7,10H,1,6,15H2,2H3,(H,18,19);3-6,8,12H,1,7,15H2,2H3,(H,17,18);3-8H,1H2,2H3. The highest BCUT2D eigenvalue weighted by Crippen LogP contribution is 2.34. The number of fused-ring (bicyclic) bond motifs is 3. The van der Waals surface area contributed by atoms with E-state index >= 15 is 0 Å². The van der Waals surface area contributed by atoms with Crippen LogP contribution in [0, 0.1) is 10.1 Å².